The second kappa shape index (κ2) is 5.73. The number of rotatable bonds is 3. The van der Waals surface area contributed by atoms with E-state index in [0.717, 1.165) is 13.1 Å². The molecule has 0 spiro atoms. The van der Waals surface area contributed by atoms with Gasteiger partial charge in [-0.25, -0.2) is 0 Å². The van der Waals surface area contributed by atoms with Crippen molar-refractivity contribution in [1.29, 1.82) is 0 Å². The summed E-state index contributed by atoms with van der Waals surface area (Å²) >= 11 is 5.88. The van der Waals surface area contributed by atoms with Crippen molar-refractivity contribution < 1.29 is 9.53 Å². The molecule has 1 atom stereocenters. The normalized spacial score (nSPS) is 19.8. The molecule has 1 aromatic heterocycles. The molecule has 1 aliphatic heterocycles. The standard InChI is InChI=1S/C12H18ClN3O2/c1-15-7-9(13)5-11(15)12(17)16(2)8-10-6-14-3-4-18-10/h5,7,10,14H,3-4,6,8H2,1-2H3. The molecular weight excluding hydrogens is 254 g/mol. The van der Waals surface area contributed by atoms with E-state index in [-0.39, 0.29) is 12.0 Å². The summed E-state index contributed by atoms with van der Waals surface area (Å²) in [6.07, 6.45) is 1.78. The summed E-state index contributed by atoms with van der Waals surface area (Å²) in [5, 5.41) is 3.82. The Morgan fingerprint density at radius 1 is 1.72 bits per heavy atom. The summed E-state index contributed by atoms with van der Waals surface area (Å²) in [5.74, 6) is -0.0430. The van der Waals surface area contributed by atoms with Crippen LogP contribution >= 0.6 is 11.6 Å². The summed E-state index contributed by atoms with van der Waals surface area (Å²) in [7, 11) is 3.59. The van der Waals surface area contributed by atoms with Crippen molar-refractivity contribution in [2.24, 2.45) is 7.05 Å². The van der Waals surface area contributed by atoms with Gasteiger partial charge >= 0.3 is 0 Å². The molecule has 1 N–H and O–H groups in total. The van der Waals surface area contributed by atoms with Crippen LogP contribution in [-0.4, -0.2) is 54.8 Å². The van der Waals surface area contributed by atoms with Gasteiger partial charge in [-0.15, -0.1) is 0 Å². The van der Waals surface area contributed by atoms with E-state index in [0.29, 0.717) is 23.9 Å². The Bertz CT molecular complexity index is 427. The highest BCUT2D eigenvalue weighted by Gasteiger charge is 2.21. The van der Waals surface area contributed by atoms with Crippen LogP contribution in [0.15, 0.2) is 12.3 Å². The summed E-state index contributed by atoms with van der Waals surface area (Å²) in [6, 6.07) is 1.68. The summed E-state index contributed by atoms with van der Waals surface area (Å²) in [4.78, 5) is 13.9. The number of aromatic nitrogens is 1. The van der Waals surface area contributed by atoms with E-state index in [1.165, 1.54) is 0 Å². The monoisotopic (exact) mass is 271 g/mol. The highest BCUT2D eigenvalue weighted by Crippen LogP contribution is 2.14. The quantitative estimate of drug-likeness (QED) is 0.882. The van der Waals surface area contributed by atoms with Gasteiger partial charge in [0.2, 0.25) is 0 Å². The van der Waals surface area contributed by atoms with Gasteiger partial charge in [0.1, 0.15) is 5.69 Å². The van der Waals surface area contributed by atoms with Crippen LogP contribution in [0.3, 0.4) is 0 Å². The van der Waals surface area contributed by atoms with Crippen LogP contribution in [0.4, 0.5) is 0 Å². The number of carbonyl (C=O) groups excluding carboxylic acids is 1. The van der Waals surface area contributed by atoms with Crippen LogP contribution in [0.5, 0.6) is 0 Å². The Balaban J connectivity index is 1.97. The SMILES string of the molecule is CN(CC1CNCCO1)C(=O)c1cc(Cl)cn1C. The third-order valence-electron chi connectivity index (χ3n) is 3.02. The zero-order chi connectivity index (χ0) is 13.1. The molecule has 2 heterocycles. The van der Waals surface area contributed by atoms with Crippen molar-refractivity contribution >= 4 is 17.5 Å². The Labute approximate surface area is 112 Å². The number of amides is 1. The van der Waals surface area contributed by atoms with E-state index >= 15 is 0 Å². The molecule has 0 saturated carbocycles. The zero-order valence-corrected chi connectivity index (χ0v) is 11.4. The minimum Gasteiger partial charge on any atom is -0.374 e. The molecule has 1 unspecified atom stereocenters. The Morgan fingerprint density at radius 2 is 2.50 bits per heavy atom. The van der Waals surface area contributed by atoms with Gasteiger partial charge in [0, 0.05) is 39.9 Å². The van der Waals surface area contributed by atoms with Crippen molar-refractivity contribution in [3.05, 3.63) is 23.0 Å². The van der Waals surface area contributed by atoms with Crippen molar-refractivity contribution in [2.75, 3.05) is 33.3 Å². The lowest BCUT2D eigenvalue weighted by atomic mass is 10.2. The van der Waals surface area contributed by atoms with Crippen LogP contribution < -0.4 is 5.32 Å². The van der Waals surface area contributed by atoms with Crippen molar-refractivity contribution in [1.82, 2.24) is 14.8 Å². The average molecular weight is 272 g/mol. The second-order valence-electron chi connectivity index (χ2n) is 4.54. The second-order valence-corrected chi connectivity index (χ2v) is 4.97. The van der Waals surface area contributed by atoms with Crippen LogP contribution in [0.25, 0.3) is 0 Å². The predicted molar refractivity (Wildman–Crippen MR) is 70.0 cm³/mol. The highest BCUT2D eigenvalue weighted by atomic mass is 35.5. The van der Waals surface area contributed by atoms with Crippen LogP contribution in [-0.2, 0) is 11.8 Å². The molecule has 18 heavy (non-hydrogen) atoms. The molecule has 5 nitrogen and oxygen atoms in total. The lowest BCUT2D eigenvalue weighted by Gasteiger charge is -2.28. The number of likely N-dealkylation sites (N-methyl/N-ethyl adjacent to an activating group) is 1. The molecule has 1 saturated heterocycles. The number of aryl methyl sites for hydroxylation is 1. The first-order valence-corrected chi connectivity index (χ1v) is 6.35. The number of nitrogens with one attached hydrogen (secondary N) is 1. The minimum absolute atomic E-state index is 0.0430. The first-order valence-electron chi connectivity index (χ1n) is 5.97. The molecule has 1 amide bonds. The fourth-order valence-electron chi connectivity index (χ4n) is 2.06. The number of carbonyl (C=O) groups is 1. The van der Waals surface area contributed by atoms with Crippen LogP contribution in [0, 0.1) is 0 Å². The van der Waals surface area contributed by atoms with Gasteiger partial charge in [-0.3, -0.25) is 4.79 Å². The van der Waals surface area contributed by atoms with E-state index in [4.69, 9.17) is 16.3 Å². The molecule has 1 fully saturated rings. The number of hydrogen-bond donors (Lipinski definition) is 1. The molecule has 0 aromatic carbocycles. The topological polar surface area (TPSA) is 46.5 Å². The van der Waals surface area contributed by atoms with Gasteiger partial charge in [-0.2, -0.15) is 0 Å². The Kier molecular flexibility index (Phi) is 4.27. The predicted octanol–water partition coefficient (Wildman–Crippen LogP) is 0.739. The Morgan fingerprint density at radius 3 is 3.06 bits per heavy atom. The highest BCUT2D eigenvalue weighted by molar-refractivity contribution is 6.31. The number of halogens is 1. The molecule has 1 aromatic rings. The van der Waals surface area contributed by atoms with Gasteiger partial charge in [0.05, 0.1) is 17.7 Å². The summed E-state index contributed by atoms with van der Waals surface area (Å²) in [5.41, 5.74) is 0.589. The lowest BCUT2D eigenvalue weighted by molar-refractivity contribution is 0.0102. The fourth-order valence-corrected chi connectivity index (χ4v) is 2.31. The minimum atomic E-state index is -0.0430. The van der Waals surface area contributed by atoms with Crippen LogP contribution in [0.1, 0.15) is 10.5 Å². The maximum Gasteiger partial charge on any atom is 0.270 e. The molecular formula is C12H18ClN3O2. The molecule has 0 radical (unpaired) electrons. The molecule has 6 heteroatoms. The summed E-state index contributed by atoms with van der Waals surface area (Å²) in [6.45, 7) is 2.93. The molecule has 2 rings (SSSR count). The van der Waals surface area contributed by atoms with Gasteiger partial charge in [0.15, 0.2) is 0 Å². The largest absolute Gasteiger partial charge is 0.374 e. The average Bonchev–Trinajstić information content (AvgIpc) is 2.68. The third-order valence-corrected chi connectivity index (χ3v) is 3.23. The number of ether oxygens (including phenoxy) is 1. The van der Waals surface area contributed by atoms with E-state index in [1.807, 2.05) is 7.05 Å². The van der Waals surface area contributed by atoms with Crippen molar-refractivity contribution in [3.63, 3.8) is 0 Å². The van der Waals surface area contributed by atoms with E-state index in [2.05, 4.69) is 5.32 Å². The van der Waals surface area contributed by atoms with Crippen LogP contribution in [0.2, 0.25) is 5.02 Å². The Hall–Kier alpha value is -1.04. The number of hydrogen-bond acceptors (Lipinski definition) is 3. The van der Waals surface area contributed by atoms with Crippen molar-refractivity contribution in [2.45, 2.75) is 6.10 Å². The fraction of sp³-hybridized carbons (Fsp3) is 0.583. The molecule has 0 aliphatic carbocycles. The van der Waals surface area contributed by atoms with Gasteiger partial charge in [-0.1, -0.05) is 11.6 Å². The summed E-state index contributed by atoms with van der Waals surface area (Å²) < 4.78 is 7.32. The number of nitrogens with zero attached hydrogens (tertiary/aromatic N) is 2. The van der Waals surface area contributed by atoms with Gasteiger partial charge < -0.3 is 19.5 Å². The van der Waals surface area contributed by atoms with Gasteiger partial charge in [0.25, 0.3) is 5.91 Å². The lowest BCUT2D eigenvalue weighted by Crippen LogP contribution is -2.45. The number of morpholine rings is 1. The maximum absolute atomic E-state index is 12.2. The molecule has 0 bridgehead atoms. The smallest absolute Gasteiger partial charge is 0.270 e. The first kappa shape index (κ1) is 13.4. The maximum atomic E-state index is 12.2. The van der Waals surface area contributed by atoms with Crippen molar-refractivity contribution in [3.8, 4) is 0 Å². The van der Waals surface area contributed by atoms with E-state index in [1.54, 1.807) is 28.8 Å². The van der Waals surface area contributed by atoms with Gasteiger partial charge in [-0.05, 0) is 6.07 Å². The first-order chi connectivity index (χ1) is 8.58. The molecule has 1 aliphatic rings. The zero-order valence-electron chi connectivity index (χ0n) is 10.6. The van der Waals surface area contributed by atoms with E-state index in [9.17, 15) is 4.79 Å². The molecule has 100 valence electrons. The third kappa shape index (κ3) is 3.04. The van der Waals surface area contributed by atoms with E-state index < -0.39 is 0 Å².